The molecule has 2 heterocycles. The Bertz CT molecular complexity index is 781. The lowest BCUT2D eigenvalue weighted by atomic mass is 10.1. The molecular weight excluding hydrogens is 410 g/mol. The Labute approximate surface area is 192 Å². The standard InChI is InChI=1S/C26H36ClNO3/c1-3-5-7-8-9-10-16-29-22-17-23(27)26(28-18-22)20-12-14-21(15-13-20)30-19-25-24(31-25)11-6-4-2/h12-15,17-18,24-25H,3-11,16,19H2,1-2H3/t24-,25-/m0/s1. The maximum Gasteiger partial charge on any atom is 0.139 e. The largest absolute Gasteiger partial charge is 0.492 e. The van der Waals surface area contributed by atoms with E-state index in [2.05, 4.69) is 18.8 Å². The monoisotopic (exact) mass is 445 g/mol. The normalized spacial score (nSPS) is 17.5. The molecule has 1 saturated heterocycles. The lowest BCUT2D eigenvalue weighted by Crippen LogP contribution is -2.07. The van der Waals surface area contributed by atoms with Crippen LogP contribution in [0.2, 0.25) is 5.02 Å². The van der Waals surface area contributed by atoms with Gasteiger partial charge in [0, 0.05) is 11.6 Å². The number of aromatic nitrogens is 1. The SMILES string of the molecule is CCCCCCCCOc1cnc(-c2ccc(OC[C@@H]3O[C@H]3CCCC)cc2)c(Cl)c1. The van der Waals surface area contributed by atoms with Crippen molar-refractivity contribution >= 4 is 11.6 Å². The molecule has 0 aliphatic carbocycles. The predicted molar refractivity (Wildman–Crippen MR) is 127 cm³/mol. The lowest BCUT2D eigenvalue weighted by Gasteiger charge is -2.10. The number of benzene rings is 1. The Morgan fingerprint density at radius 1 is 0.871 bits per heavy atom. The minimum atomic E-state index is 0.242. The second kappa shape index (κ2) is 12.9. The molecule has 1 aromatic carbocycles. The topological polar surface area (TPSA) is 43.9 Å². The van der Waals surface area contributed by atoms with E-state index in [0.717, 1.165) is 35.6 Å². The number of hydrogen-bond donors (Lipinski definition) is 0. The van der Waals surface area contributed by atoms with E-state index >= 15 is 0 Å². The van der Waals surface area contributed by atoms with Gasteiger partial charge in [0.25, 0.3) is 0 Å². The van der Waals surface area contributed by atoms with Crippen molar-refractivity contribution in [2.75, 3.05) is 13.2 Å². The number of ether oxygens (including phenoxy) is 3. The number of halogens is 1. The Kier molecular flexibility index (Phi) is 9.95. The molecule has 0 amide bonds. The van der Waals surface area contributed by atoms with Crippen molar-refractivity contribution in [3.8, 4) is 22.8 Å². The number of rotatable bonds is 15. The Morgan fingerprint density at radius 3 is 2.35 bits per heavy atom. The second-order valence-corrected chi connectivity index (χ2v) is 8.72. The van der Waals surface area contributed by atoms with Crippen LogP contribution >= 0.6 is 11.6 Å². The summed E-state index contributed by atoms with van der Waals surface area (Å²) in [4.78, 5) is 4.52. The summed E-state index contributed by atoms with van der Waals surface area (Å²) in [6, 6.07) is 9.75. The van der Waals surface area contributed by atoms with Gasteiger partial charge in [0.1, 0.15) is 24.2 Å². The first-order valence-corrected chi connectivity index (χ1v) is 12.3. The van der Waals surface area contributed by atoms with E-state index in [4.69, 9.17) is 25.8 Å². The molecule has 0 saturated carbocycles. The van der Waals surface area contributed by atoms with Crippen molar-refractivity contribution < 1.29 is 14.2 Å². The summed E-state index contributed by atoms with van der Waals surface area (Å²) < 4.78 is 17.3. The van der Waals surface area contributed by atoms with Crippen molar-refractivity contribution in [2.45, 2.75) is 83.8 Å². The van der Waals surface area contributed by atoms with Gasteiger partial charge in [-0.1, -0.05) is 70.4 Å². The van der Waals surface area contributed by atoms with Crippen molar-refractivity contribution in [2.24, 2.45) is 0 Å². The summed E-state index contributed by atoms with van der Waals surface area (Å²) in [5.74, 6) is 1.56. The quantitative estimate of drug-likeness (QED) is 0.210. The molecule has 2 aromatic rings. The summed E-state index contributed by atoms with van der Waals surface area (Å²) in [5.41, 5.74) is 1.72. The zero-order chi connectivity index (χ0) is 21.9. The molecule has 1 aliphatic rings. The first kappa shape index (κ1) is 23.9. The highest BCUT2D eigenvalue weighted by atomic mass is 35.5. The fraction of sp³-hybridized carbons (Fsp3) is 0.577. The van der Waals surface area contributed by atoms with E-state index in [1.165, 1.54) is 44.9 Å². The van der Waals surface area contributed by atoms with Crippen LogP contribution in [0.15, 0.2) is 36.5 Å². The number of hydrogen-bond acceptors (Lipinski definition) is 4. The van der Waals surface area contributed by atoms with Crippen LogP contribution in [0.25, 0.3) is 11.3 Å². The molecule has 1 fully saturated rings. The molecule has 2 atom stereocenters. The van der Waals surface area contributed by atoms with Crippen LogP contribution in [0, 0.1) is 0 Å². The third-order valence-electron chi connectivity index (χ3n) is 5.65. The molecule has 31 heavy (non-hydrogen) atoms. The van der Waals surface area contributed by atoms with Gasteiger partial charge in [-0.15, -0.1) is 0 Å². The van der Waals surface area contributed by atoms with Crippen LogP contribution < -0.4 is 9.47 Å². The fourth-order valence-corrected chi connectivity index (χ4v) is 3.92. The number of unbranched alkanes of at least 4 members (excludes halogenated alkanes) is 6. The molecule has 1 aromatic heterocycles. The van der Waals surface area contributed by atoms with Gasteiger partial charge in [0.2, 0.25) is 0 Å². The molecule has 0 spiro atoms. The average Bonchev–Trinajstić information content (AvgIpc) is 3.54. The molecule has 3 rings (SSSR count). The van der Waals surface area contributed by atoms with Gasteiger partial charge in [0.05, 0.1) is 29.6 Å². The van der Waals surface area contributed by atoms with E-state index in [1.807, 2.05) is 30.3 Å². The van der Waals surface area contributed by atoms with E-state index in [0.29, 0.717) is 24.3 Å². The van der Waals surface area contributed by atoms with Crippen molar-refractivity contribution in [1.82, 2.24) is 4.98 Å². The van der Waals surface area contributed by atoms with Crippen LogP contribution in [-0.4, -0.2) is 30.4 Å². The second-order valence-electron chi connectivity index (χ2n) is 8.31. The smallest absolute Gasteiger partial charge is 0.139 e. The highest BCUT2D eigenvalue weighted by molar-refractivity contribution is 6.33. The van der Waals surface area contributed by atoms with Crippen molar-refractivity contribution in [3.05, 3.63) is 41.6 Å². The van der Waals surface area contributed by atoms with E-state index < -0.39 is 0 Å². The van der Waals surface area contributed by atoms with Gasteiger partial charge >= 0.3 is 0 Å². The molecule has 0 N–H and O–H groups in total. The first-order valence-electron chi connectivity index (χ1n) is 11.9. The molecule has 0 radical (unpaired) electrons. The highest BCUT2D eigenvalue weighted by Crippen LogP contribution is 2.31. The molecule has 0 bridgehead atoms. The van der Waals surface area contributed by atoms with Gasteiger partial charge in [-0.05, 0) is 37.1 Å². The highest BCUT2D eigenvalue weighted by Gasteiger charge is 2.38. The van der Waals surface area contributed by atoms with Crippen LogP contribution in [-0.2, 0) is 4.74 Å². The zero-order valence-corrected chi connectivity index (χ0v) is 19.7. The molecule has 4 nitrogen and oxygen atoms in total. The van der Waals surface area contributed by atoms with Gasteiger partial charge in [0.15, 0.2) is 0 Å². The molecular formula is C26H36ClNO3. The van der Waals surface area contributed by atoms with Gasteiger partial charge in [-0.25, -0.2) is 0 Å². The molecule has 0 unspecified atom stereocenters. The minimum absolute atomic E-state index is 0.242. The number of epoxide rings is 1. The molecule has 1 aliphatic heterocycles. The summed E-state index contributed by atoms with van der Waals surface area (Å²) in [6.45, 7) is 5.75. The zero-order valence-electron chi connectivity index (χ0n) is 18.9. The third kappa shape index (κ3) is 8.01. The summed E-state index contributed by atoms with van der Waals surface area (Å²) in [5, 5.41) is 0.597. The average molecular weight is 446 g/mol. The predicted octanol–water partition coefficient (Wildman–Crippen LogP) is 7.48. The number of nitrogens with zero attached hydrogens (tertiary/aromatic N) is 1. The summed E-state index contributed by atoms with van der Waals surface area (Å²) in [6.07, 6.45) is 13.4. The van der Waals surface area contributed by atoms with Gasteiger partial charge in [-0.3, -0.25) is 4.98 Å². The van der Waals surface area contributed by atoms with Crippen LogP contribution in [0.3, 0.4) is 0 Å². The maximum absolute atomic E-state index is 6.48. The van der Waals surface area contributed by atoms with Gasteiger partial charge < -0.3 is 14.2 Å². The van der Waals surface area contributed by atoms with Crippen molar-refractivity contribution in [3.63, 3.8) is 0 Å². The molecule has 5 heteroatoms. The van der Waals surface area contributed by atoms with Crippen LogP contribution in [0.1, 0.15) is 71.6 Å². The van der Waals surface area contributed by atoms with Crippen molar-refractivity contribution in [1.29, 1.82) is 0 Å². The number of pyridine rings is 1. The van der Waals surface area contributed by atoms with E-state index in [-0.39, 0.29) is 6.10 Å². The van der Waals surface area contributed by atoms with Gasteiger partial charge in [-0.2, -0.15) is 0 Å². The summed E-state index contributed by atoms with van der Waals surface area (Å²) in [7, 11) is 0. The molecule has 170 valence electrons. The lowest BCUT2D eigenvalue weighted by molar-refractivity contribution is 0.259. The minimum Gasteiger partial charge on any atom is -0.492 e. The van der Waals surface area contributed by atoms with Crippen LogP contribution in [0.5, 0.6) is 11.5 Å². The third-order valence-corrected chi connectivity index (χ3v) is 5.94. The maximum atomic E-state index is 6.48. The van der Waals surface area contributed by atoms with E-state index in [9.17, 15) is 0 Å². The Morgan fingerprint density at radius 2 is 1.61 bits per heavy atom. The Balaban J connectivity index is 1.42. The van der Waals surface area contributed by atoms with Crippen LogP contribution in [0.4, 0.5) is 0 Å². The first-order chi connectivity index (χ1) is 15.2. The fourth-order valence-electron chi connectivity index (χ4n) is 3.66. The Hall–Kier alpha value is -1.78. The summed E-state index contributed by atoms with van der Waals surface area (Å²) >= 11 is 6.48. The van der Waals surface area contributed by atoms with E-state index in [1.54, 1.807) is 6.20 Å².